The zero-order valence-electron chi connectivity index (χ0n) is 8.55. The lowest BCUT2D eigenvalue weighted by molar-refractivity contribution is -0.878. The van der Waals surface area contributed by atoms with Crippen molar-refractivity contribution in [1.82, 2.24) is 0 Å². The average Bonchev–Trinajstić information content (AvgIpc) is 1.81. The molecule has 0 bridgehead atoms. The SMILES string of the molecule is C=CC[N+](C)(C)CC=C.O=S(=O)(O)O. The molecule has 6 heteroatoms. The molecular weight excluding hydrogens is 206 g/mol. The minimum Gasteiger partial charge on any atom is -0.322 e. The molecule has 0 heterocycles. The monoisotopic (exact) mass is 224 g/mol. The highest BCUT2D eigenvalue weighted by Crippen LogP contribution is 1.95. The Morgan fingerprint density at radius 2 is 1.36 bits per heavy atom. The summed E-state index contributed by atoms with van der Waals surface area (Å²) in [5, 5.41) is 0. The molecule has 5 nitrogen and oxygen atoms in total. The molecule has 2 N–H and O–H groups in total. The molecule has 0 aromatic carbocycles. The molecule has 0 atom stereocenters. The Labute approximate surface area is 85.5 Å². The van der Waals surface area contributed by atoms with Crippen molar-refractivity contribution in [2.45, 2.75) is 0 Å². The molecule has 14 heavy (non-hydrogen) atoms. The van der Waals surface area contributed by atoms with Crippen LogP contribution in [-0.2, 0) is 10.4 Å². The van der Waals surface area contributed by atoms with Crippen LogP contribution in [-0.4, -0.2) is 49.2 Å². The predicted molar refractivity (Wildman–Crippen MR) is 56.4 cm³/mol. The molecule has 0 aliphatic heterocycles. The van der Waals surface area contributed by atoms with Crippen LogP contribution in [0.4, 0.5) is 0 Å². The van der Waals surface area contributed by atoms with Gasteiger partial charge in [-0.3, -0.25) is 9.11 Å². The van der Waals surface area contributed by atoms with Crippen LogP contribution < -0.4 is 0 Å². The number of nitrogens with zero attached hydrogens (tertiary/aromatic N) is 1. The maximum absolute atomic E-state index is 8.74. The first-order valence-corrected chi connectivity index (χ1v) is 5.26. The minimum atomic E-state index is -4.67. The highest BCUT2D eigenvalue weighted by atomic mass is 32.3. The topological polar surface area (TPSA) is 74.6 Å². The average molecular weight is 224 g/mol. The largest absolute Gasteiger partial charge is 0.394 e. The van der Waals surface area contributed by atoms with Gasteiger partial charge in [0.1, 0.15) is 0 Å². The normalized spacial score (nSPS) is 11.1. The van der Waals surface area contributed by atoms with Gasteiger partial charge in [-0.2, -0.15) is 8.42 Å². The number of hydrogen-bond acceptors (Lipinski definition) is 2. The summed E-state index contributed by atoms with van der Waals surface area (Å²) in [6, 6.07) is 0. The minimum absolute atomic E-state index is 0.951. The van der Waals surface area contributed by atoms with Gasteiger partial charge >= 0.3 is 10.4 Å². The predicted octanol–water partition coefficient (Wildman–Crippen LogP) is 0.782. The molecule has 0 spiro atoms. The standard InChI is InChI=1S/C8H16N.H2O4S/c1-5-7-9(3,4)8-6-2;1-5(2,3)4/h5-6H,1-2,7-8H2,3-4H3;(H2,1,2,3,4)/q+1;. The third kappa shape index (κ3) is 22.5. The third-order valence-corrected chi connectivity index (χ3v) is 1.25. The van der Waals surface area contributed by atoms with Crippen molar-refractivity contribution < 1.29 is 22.0 Å². The van der Waals surface area contributed by atoms with E-state index < -0.39 is 10.4 Å². The van der Waals surface area contributed by atoms with E-state index in [1.54, 1.807) is 0 Å². The third-order valence-electron chi connectivity index (χ3n) is 1.25. The van der Waals surface area contributed by atoms with Crippen molar-refractivity contribution in [3.63, 3.8) is 0 Å². The second kappa shape index (κ2) is 6.72. The van der Waals surface area contributed by atoms with E-state index in [1.807, 2.05) is 12.2 Å². The van der Waals surface area contributed by atoms with Crippen molar-refractivity contribution >= 4 is 10.4 Å². The van der Waals surface area contributed by atoms with Crippen LogP contribution >= 0.6 is 0 Å². The summed E-state index contributed by atoms with van der Waals surface area (Å²) in [6.45, 7) is 9.37. The Hall–Kier alpha value is -0.690. The molecule has 0 aliphatic rings. The number of rotatable bonds is 4. The van der Waals surface area contributed by atoms with Gasteiger partial charge in [0, 0.05) is 0 Å². The number of likely N-dealkylation sites (N-methyl/N-ethyl adjacent to an activating group) is 1. The van der Waals surface area contributed by atoms with E-state index in [9.17, 15) is 0 Å². The van der Waals surface area contributed by atoms with Crippen LogP contribution in [0.5, 0.6) is 0 Å². The molecule has 0 saturated heterocycles. The quantitative estimate of drug-likeness (QED) is 0.420. The summed E-state index contributed by atoms with van der Waals surface area (Å²) in [5.74, 6) is 0. The van der Waals surface area contributed by atoms with Gasteiger partial charge in [-0.25, -0.2) is 0 Å². The summed E-state index contributed by atoms with van der Waals surface area (Å²) in [6.07, 6.45) is 3.87. The van der Waals surface area contributed by atoms with Crippen molar-refractivity contribution in [3.8, 4) is 0 Å². The lowest BCUT2D eigenvalue weighted by atomic mass is 10.4. The van der Waals surface area contributed by atoms with E-state index in [1.165, 1.54) is 0 Å². The van der Waals surface area contributed by atoms with Gasteiger partial charge in [-0.15, -0.1) is 0 Å². The van der Waals surface area contributed by atoms with Crippen LogP contribution in [0, 0.1) is 0 Å². The van der Waals surface area contributed by atoms with Gasteiger partial charge in [0.2, 0.25) is 0 Å². The van der Waals surface area contributed by atoms with Gasteiger partial charge < -0.3 is 4.48 Å². The van der Waals surface area contributed by atoms with Crippen LogP contribution in [0.25, 0.3) is 0 Å². The lowest BCUT2D eigenvalue weighted by Gasteiger charge is -2.26. The van der Waals surface area contributed by atoms with E-state index in [4.69, 9.17) is 17.5 Å². The smallest absolute Gasteiger partial charge is 0.322 e. The fourth-order valence-corrected chi connectivity index (χ4v) is 0.774. The first-order valence-electron chi connectivity index (χ1n) is 3.86. The molecule has 0 saturated carbocycles. The maximum atomic E-state index is 8.74. The van der Waals surface area contributed by atoms with Gasteiger partial charge in [0.05, 0.1) is 27.2 Å². The second-order valence-corrected chi connectivity index (χ2v) is 4.22. The van der Waals surface area contributed by atoms with Crippen LogP contribution in [0.3, 0.4) is 0 Å². The lowest BCUT2D eigenvalue weighted by Crippen LogP contribution is -2.39. The zero-order valence-corrected chi connectivity index (χ0v) is 9.37. The van der Waals surface area contributed by atoms with Gasteiger partial charge in [-0.05, 0) is 12.2 Å². The van der Waals surface area contributed by atoms with Gasteiger partial charge in [0.25, 0.3) is 0 Å². The van der Waals surface area contributed by atoms with Crippen molar-refractivity contribution in [3.05, 3.63) is 25.3 Å². The molecule has 0 radical (unpaired) electrons. The summed E-state index contributed by atoms with van der Waals surface area (Å²) in [4.78, 5) is 0. The van der Waals surface area contributed by atoms with Crippen molar-refractivity contribution in [2.24, 2.45) is 0 Å². The van der Waals surface area contributed by atoms with Crippen LogP contribution in [0.2, 0.25) is 0 Å². The zero-order chi connectivity index (χ0) is 11.8. The molecule has 0 unspecified atom stereocenters. The molecule has 0 rings (SSSR count). The van der Waals surface area contributed by atoms with Gasteiger partial charge in [0.15, 0.2) is 0 Å². The number of hydrogen-bond donors (Lipinski definition) is 2. The van der Waals surface area contributed by atoms with Crippen LogP contribution in [0.1, 0.15) is 0 Å². The van der Waals surface area contributed by atoms with E-state index >= 15 is 0 Å². The summed E-state index contributed by atoms with van der Waals surface area (Å²) < 4.78 is 32.5. The Balaban J connectivity index is 0. The van der Waals surface area contributed by atoms with E-state index in [-0.39, 0.29) is 0 Å². The number of quaternary nitrogens is 1. The first-order chi connectivity index (χ1) is 6.12. The second-order valence-electron chi connectivity index (χ2n) is 3.33. The summed E-state index contributed by atoms with van der Waals surface area (Å²) >= 11 is 0. The molecule has 0 aromatic heterocycles. The molecule has 84 valence electrons. The Bertz CT molecular complexity index is 249. The first kappa shape index (κ1) is 15.8. The molecule has 0 aliphatic carbocycles. The van der Waals surface area contributed by atoms with E-state index in [0.717, 1.165) is 17.6 Å². The molecule has 0 aromatic rings. The van der Waals surface area contributed by atoms with Crippen LogP contribution in [0.15, 0.2) is 25.3 Å². The maximum Gasteiger partial charge on any atom is 0.394 e. The van der Waals surface area contributed by atoms with Crippen molar-refractivity contribution in [1.29, 1.82) is 0 Å². The van der Waals surface area contributed by atoms with Gasteiger partial charge in [-0.1, -0.05) is 13.2 Å². The Morgan fingerprint density at radius 3 is 1.50 bits per heavy atom. The highest BCUT2D eigenvalue weighted by Gasteiger charge is 2.07. The Kier molecular flexibility index (Phi) is 7.57. The Morgan fingerprint density at radius 1 is 1.14 bits per heavy atom. The summed E-state index contributed by atoms with van der Waals surface area (Å²) in [5.41, 5.74) is 0. The van der Waals surface area contributed by atoms with E-state index in [2.05, 4.69) is 27.3 Å². The molecular formula is C8H18NO4S+. The van der Waals surface area contributed by atoms with E-state index in [0.29, 0.717) is 0 Å². The molecule has 0 fully saturated rings. The summed E-state index contributed by atoms with van der Waals surface area (Å²) in [7, 11) is -0.354. The highest BCUT2D eigenvalue weighted by molar-refractivity contribution is 7.79. The fraction of sp³-hybridized carbons (Fsp3) is 0.500. The fourth-order valence-electron chi connectivity index (χ4n) is 0.774. The molecule has 0 amide bonds. The van der Waals surface area contributed by atoms with Crippen molar-refractivity contribution in [2.75, 3.05) is 27.2 Å².